The van der Waals surface area contributed by atoms with E-state index in [0.29, 0.717) is 12.8 Å². The zero-order valence-electron chi connectivity index (χ0n) is 34.4. The molecule has 27 nitrogen and oxygen atoms in total. The molecule has 4 aliphatic rings. The lowest BCUT2D eigenvalue weighted by atomic mass is 9.94. The summed E-state index contributed by atoms with van der Waals surface area (Å²) < 4.78 is 49.6. The first kappa shape index (κ1) is 51.9. The summed E-state index contributed by atoms with van der Waals surface area (Å²) in [7, 11) is 0. The van der Waals surface area contributed by atoms with Gasteiger partial charge in [0.15, 0.2) is 37.4 Å². The standard InChI is InChI=1S/C36H56N2O25/c1-5-7-15(41)55-9-13-19(43)26(17(33(54)57-13)37-11(3)39)59-36-25(49)23(47)28(30(63-36)32(52)53)61-34-18(38-12(4)40)27(20(44)14(58-34)10-56-16(42)8-6-2)60-35-24(48)21(45)22(46)29(62-35)31(50)51/h13-14,17-30,33-36,43-49,54H,5-10H2,1-4H3,(H,37,39)(H,38,40)(H,50,51)(H,52,53)/t13-,14-,17-,18-,19-,20-,21+,22+,23-,24-,25-,26-,27-,28+,29+,30+,33-,34+,35-,36-/m1/s1. The summed E-state index contributed by atoms with van der Waals surface area (Å²) in [6.07, 6.45) is -36.7. The van der Waals surface area contributed by atoms with Gasteiger partial charge in [0, 0.05) is 26.7 Å². The Morgan fingerprint density at radius 3 is 1.40 bits per heavy atom. The van der Waals surface area contributed by atoms with Gasteiger partial charge < -0.3 is 104 Å². The lowest BCUT2D eigenvalue weighted by molar-refractivity contribution is -0.368. The maximum absolute atomic E-state index is 12.8. The van der Waals surface area contributed by atoms with E-state index in [0.717, 1.165) is 13.8 Å². The van der Waals surface area contributed by atoms with Crippen molar-refractivity contribution in [2.24, 2.45) is 0 Å². The van der Waals surface area contributed by atoms with Crippen LogP contribution in [0.25, 0.3) is 0 Å². The predicted molar refractivity (Wildman–Crippen MR) is 196 cm³/mol. The highest BCUT2D eigenvalue weighted by Crippen LogP contribution is 2.35. The molecule has 0 aliphatic carbocycles. The molecule has 27 heteroatoms. The molecule has 4 heterocycles. The number of ether oxygens (including phenoxy) is 9. The first-order valence-corrected chi connectivity index (χ1v) is 19.9. The first-order chi connectivity index (χ1) is 29.6. The number of carboxylic acid groups (broad SMARTS) is 2. The van der Waals surface area contributed by atoms with Crippen molar-refractivity contribution in [1.29, 1.82) is 0 Å². The highest BCUT2D eigenvalue weighted by Gasteiger charge is 2.57. The molecule has 20 atom stereocenters. The number of rotatable bonds is 18. The van der Waals surface area contributed by atoms with Crippen LogP contribution in [-0.2, 0) is 71.4 Å². The van der Waals surface area contributed by atoms with E-state index in [1.165, 1.54) is 0 Å². The molecule has 4 saturated heterocycles. The van der Waals surface area contributed by atoms with Crippen LogP contribution < -0.4 is 10.6 Å². The van der Waals surface area contributed by atoms with E-state index < -0.39 is 172 Å². The van der Waals surface area contributed by atoms with Crippen LogP contribution in [-0.4, -0.2) is 223 Å². The number of carbonyl (C=O) groups excluding carboxylic acids is 4. The van der Waals surface area contributed by atoms with Gasteiger partial charge in [0.2, 0.25) is 11.8 Å². The minimum atomic E-state index is -2.36. The van der Waals surface area contributed by atoms with E-state index in [1.807, 2.05) is 0 Å². The van der Waals surface area contributed by atoms with Gasteiger partial charge in [-0.2, -0.15) is 0 Å². The van der Waals surface area contributed by atoms with E-state index >= 15 is 0 Å². The molecule has 0 aromatic carbocycles. The minimum Gasteiger partial charge on any atom is -0.479 e. The molecule has 63 heavy (non-hydrogen) atoms. The van der Waals surface area contributed by atoms with Gasteiger partial charge in [-0.25, -0.2) is 9.59 Å². The van der Waals surface area contributed by atoms with Gasteiger partial charge in [0.05, 0.1) is 0 Å². The van der Waals surface area contributed by atoms with Gasteiger partial charge in [-0.1, -0.05) is 13.8 Å². The van der Waals surface area contributed by atoms with E-state index in [1.54, 1.807) is 13.8 Å². The fraction of sp³-hybridized carbons (Fsp3) is 0.833. The molecular formula is C36H56N2O25. The molecule has 2 amide bonds. The fourth-order valence-corrected chi connectivity index (χ4v) is 7.17. The second-order valence-corrected chi connectivity index (χ2v) is 15.2. The number of hydrogen-bond donors (Lipinski definition) is 12. The average Bonchev–Trinajstić information content (AvgIpc) is 3.20. The van der Waals surface area contributed by atoms with Crippen molar-refractivity contribution in [2.45, 2.75) is 176 Å². The van der Waals surface area contributed by atoms with Crippen molar-refractivity contribution in [3.8, 4) is 0 Å². The van der Waals surface area contributed by atoms with Crippen LogP contribution in [0.2, 0.25) is 0 Å². The van der Waals surface area contributed by atoms with Gasteiger partial charge >= 0.3 is 23.9 Å². The van der Waals surface area contributed by atoms with E-state index in [-0.39, 0.29) is 12.8 Å². The number of carbonyl (C=O) groups is 6. The number of amides is 2. The summed E-state index contributed by atoms with van der Waals surface area (Å²) >= 11 is 0. The molecule has 0 aromatic rings. The Balaban J connectivity index is 1.66. The molecule has 12 N–H and O–H groups in total. The van der Waals surface area contributed by atoms with Crippen molar-refractivity contribution < 1.29 is 122 Å². The van der Waals surface area contributed by atoms with E-state index in [4.69, 9.17) is 42.6 Å². The number of carboxylic acids is 2. The maximum atomic E-state index is 12.8. The third-order valence-electron chi connectivity index (χ3n) is 10.3. The van der Waals surface area contributed by atoms with Crippen molar-refractivity contribution in [1.82, 2.24) is 10.6 Å². The second kappa shape index (κ2) is 22.9. The minimum absolute atomic E-state index is 0.00116. The van der Waals surface area contributed by atoms with Crippen molar-refractivity contribution in [2.75, 3.05) is 13.2 Å². The molecule has 0 spiro atoms. The maximum Gasteiger partial charge on any atom is 0.335 e. The zero-order valence-corrected chi connectivity index (χ0v) is 34.4. The Morgan fingerprint density at radius 2 is 0.921 bits per heavy atom. The Morgan fingerprint density at radius 1 is 0.492 bits per heavy atom. The van der Waals surface area contributed by atoms with Crippen LogP contribution in [0.4, 0.5) is 0 Å². The van der Waals surface area contributed by atoms with Crippen LogP contribution in [0.15, 0.2) is 0 Å². The van der Waals surface area contributed by atoms with Gasteiger partial charge in [-0.3, -0.25) is 19.2 Å². The van der Waals surface area contributed by atoms with Crippen LogP contribution >= 0.6 is 0 Å². The number of aliphatic hydroxyl groups excluding tert-OH is 8. The molecule has 0 radical (unpaired) electrons. The lowest BCUT2D eigenvalue weighted by Gasteiger charge is -2.49. The number of nitrogens with one attached hydrogen (secondary N) is 2. The topological polar surface area (TPSA) is 412 Å². The van der Waals surface area contributed by atoms with Crippen molar-refractivity contribution >= 4 is 35.7 Å². The predicted octanol–water partition coefficient (Wildman–Crippen LogP) is -6.57. The van der Waals surface area contributed by atoms with Crippen LogP contribution in [0, 0.1) is 0 Å². The van der Waals surface area contributed by atoms with Crippen LogP contribution in [0.5, 0.6) is 0 Å². The quantitative estimate of drug-likeness (QED) is 0.0569. The Hall–Kier alpha value is -3.78. The Bertz CT molecular complexity index is 1590. The number of aliphatic hydroxyl groups is 8. The summed E-state index contributed by atoms with van der Waals surface area (Å²) in [5, 5.41) is 112. The molecule has 0 saturated carbocycles. The molecule has 4 rings (SSSR count). The van der Waals surface area contributed by atoms with Gasteiger partial charge in [0.25, 0.3) is 0 Å². The molecule has 4 aliphatic heterocycles. The zero-order chi connectivity index (χ0) is 47.0. The molecule has 0 bridgehead atoms. The summed E-state index contributed by atoms with van der Waals surface area (Å²) in [4.78, 5) is 73.5. The second-order valence-electron chi connectivity index (χ2n) is 15.2. The largest absolute Gasteiger partial charge is 0.479 e. The third-order valence-corrected chi connectivity index (χ3v) is 10.3. The Labute approximate surface area is 358 Å². The fourth-order valence-electron chi connectivity index (χ4n) is 7.17. The monoisotopic (exact) mass is 916 g/mol. The summed E-state index contributed by atoms with van der Waals surface area (Å²) in [6.45, 7) is 3.95. The lowest BCUT2D eigenvalue weighted by Crippen LogP contribution is -2.70. The number of aliphatic carboxylic acids is 2. The SMILES string of the molecule is CCCC(=O)OC[C@H]1O[C@@H](O)[C@H](NC(C)=O)[C@@H](O[C@@H]2O[C@H](C(=O)O)[C@@H](O[C@@H]3O[C@H](COC(=O)CCC)[C@@H](O)[C@H](O[C@@H]4O[C@H](C(=O)O)[C@@H](O)[C@H](O)[C@H]4O)[C@H]3NC(C)=O)[C@H](O)[C@H]2O)[C@@H]1O. The van der Waals surface area contributed by atoms with Gasteiger partial charge in [0.1, 0.15) is 98.5 Å². The van der Waals surface area contributed by atoms with E-state index in [2.05, 4.69) is 10.6 Å². The molecule has 360 valence electrons. The van der Waals surface area contributed by atoms with Crippen LogP contribution in [0.1, 0.15) is 53.4 Å². The smallest absolute Gasteiger partial charge is 0.335 e. The number of esters is 2. The normalized spacial score (nSPS) is 40.6. The highest BCUT2D eigenvalue weighted by atomic mass is 16.8. The molecular weight excluding hydrogens is 860 g/mol. The highest BCUT2D eigenvalue weighted by molar-refractivity contribution is 5.75. The van der Waals surface area contributed by atoms with Gasteiger partial charge in [-0.05, 0) is 12.8 Å². The first-order valence-electron chi connectivity index (χ1n) is 19.9. The van der Waals surface area contributed by atoms with Crippen molar-refractivity contribution in [3.63, 3.8) is 0 Å². The molecule has 0 unspecified atom stereocenters. The Kier molecular flexibility index (Phi) is 18.9. The third kappa shape index (κ3) is 12.7. The van der Waals surface area contributed by atoms with E-state index in [9.17, 15) is 79.8 Å². The molecule has 4 fully saturated rings. The van der Waals surface area contributed by atoms with Gasteiger partial charge in [-0.15, -0.1) is 0 Å². The number of hydrogen-bond acceptors (Lipinski definition) is 23. The summed E-state index contributed by atoms with van der Waals surface area (Å²) in [5.74, 6) is -6.82. The van der Waals surface area contributed by atoms with Crippen LogP contribution in [0.3, 0.4) is 0 Å². The summed E-state index contributed by atoms with van der Waals surface area (Å²) in [6, 6.07) is -3.48. The average molecular weight is 917 g/mol. The van der Waals surface area contributed by atoms with Crippen molar-refractivity contribution in [3.05, 3.63) is 0 Å². The molecule has 0 aromatic heterocycles. The summed E-state index contributed by atoms with van der Waals surface area (Å²) in [5.41, 5.74) is 0.